The Morgan fingerprint density at radius 1 is 1.09 bits per heavy atom. The van der Waals surface area contributed by atoms with Crippen LogP contribution in [0.15, 0.2) is 66.7 Å². The summed E-state index contributed by atoms with van der Waals surface area (Å²) in [5.74, 6) is 0.539. The molecule has 2 aromatic rings. The number of para-hydroxylation sites is 1. The summed E-state index contributed by atoms with van der Waals surface area (Å²) in [4.78, 5) is 14.3. The number of rotatable bonds is 6. The molecule has 0 fully saturated rings. The van der Waals surface area contributed by atoms with Crippen LogP contribution >= 0.6 is 0 Å². The van der Waals surface area contributed by atoms with Crippen LogP contribution in [-0.2, 0) is 6.54 Å². The van der Waals surface area contributed by atoms with E-state index < -0.39 is 0 Å². The fraction of sp³-hybridized carbons (Fsp3) is 0.211. The predicted molar refractivity (Wildman–Crippen MR) is 89.0 cm³/mol. The highest BCUT2D eigenvalue weighted by molar-refractivity contribution is 5.96. The van der Waals surface area contributed by atoms with E-state index in [1.165, 1.54) is 0 Å². The Labute approximate surface area is 131 Å². The van der Waals surface area contributed by atoms with Gasteiger partial charge in [0.15, 0.2) is 0 Å². The molecular formula is C19H21NO2. The maximum Gasteiger partial charge on any atom is 0.257 e. The van der Waals surface area contributed by atoms with Gasteiger partial charge in [-0.1, -0.05) is 49.0 Å². The van der Waals surface area contributed by atoms with Gasteiger partial charge in [0.2, 0.25) is 0 Å². The highest BCUT2D eigenvalue weighted by Crippen LogP contribution is 2.20. The molecule has 114 valence electrons. The molecule has 0 N–H and O–H groups in total. The van der Waals surface area contributed by atoms with E-state index in [2.05, 4.69) is 6.58 Å². The Morgan fingerprint density at radius 3 is 2.41 bits per heavy atom. The maximum absolute atomic E-state index is 12.6. The minimum atomic E-state index is -0.0545. The molecule has 0 aliphatic rings. The summed E-state index contributed by atoms with van der Waals surface area (Å²) in [6.45, 7) is 6.68. The topological polar surface area (TPSA) is 29.5 Å². The fourth-order valence-electron chi connectivity index (χ4n) is 2.10. The van der Waals surface area contributed by atoms with E-state index in [0.29, 0.717) is 24.5 Å². The zero-order valence-corrected chi connectivity index (χ0v) is 13.1. The van der Waals surface area contributed by atoms with Gasteiger partial charge in [-0.05, 0) is 30.2 Å². The minimum absolute atomic E-state index is 0.0545. The van der Waals surface area contributed by atoms with E-state index in [9.17, 15) is 4.79 Å². The second-order valence-electron chi connectivity index (χ2n) is 5.39. The third kappa shape index (κ3) is 4.22. The van der Waals surface area contributed by atoms with Gasteiger partial charge in [-0.25, -0.2) is 0 Å². The molecule has 0 saturated carbocycles. The predicted octanol–water partition coefficient (Wildman–Crippen LogP) is 3.91. The van der Waals surface area contributed by atoms with Crippen LogP contribution < -0.4 is 4.74 Å². The lowest BCUT2D eigenvalue weighted by molar-refractivity contribution is 0.0781. The molecule has 2 aromatic carbocycles. The van der Waals surface area contributed by atoms with Crippen molar-refractivity contribution in [2.45, 2.75) is 13.5 Å². The second-order valence-corrected chi connectivity index (χ2v) is 5.39. The van der Waals surface area contributed by atoms with Gasteiger partial charge >= 0.3 is 0 Å². The number of nitrogens with zero attached hydrogens (tertiary/aromatic N) is 1. The van der Waals surface area contributed by atoms with Gasteiger partial charge in [-0.15, -0.1) is 0 Å². The van der Waals surface area contributed by atoms with E-state index in [0.717, 1.165) is 11.1 Å². The standard InChI is InChI=1S/C19H21NO2/c1-15(2)14-22-18-12-8-7-11-17(18)19(21)20(3)13-16-9-5-4-6-10-16/h4-12H,1,13-14H2,2-3H3. The van der Waals surface area contributed by atoms with Crippen molar-refractivity contribution in [2.24, 2.45) is 0 Å². The van der Waals surface area contributed by atoms with Crippen molar-refractivity contribution in [1.29, 1.82) is 0 Å². The Morgan fingerprint density at radius 2 is 1.73 bits per heavy atom. The smallest absolute Gasteiger partial charge is 0.257 e. The number of hydrogen-bond acceptors (Lipinski definition) is 2. The van der Waals surface area contributed by atoms with Crippen LogP contribution in [0.25, 0.3) is 0 Å². The number of hydrogen-bond donors (Lipinski definition) is 0. The van der Waals surface area contributed by atoms with E-state index in [1.54, 1.807) is 18.0 Å². The van der Waals surface area contributed by atoms with Crippen molar-refractivity contribution in [3.8, 4) is 5.75 Å². The first-order chi connectivity index (χ1) is 10.6. The van der Waals surface area contributed by atoms with Crippen LogP contribution in [-0.4, -0.2) is 24.5 Å². The number of carbonyl (C=O) groups is 1. The highest BCUT2D eigenvalue weighted by Gasteiger charge is 2.16. The van der Waals surface area contributed by atoms with E-state index in [-0.39, 0.29) is 5.91 Å². The van der Waals surface area contributed by atoms with Gasteiger partial charge in [0.05, 0.1) is 5.56 Å². The number of carbonyl (C=O) groups excluding carboxylic acids is 1. The lowest BCUT2D eigenvalue weighted by atomic mass is 10.1. The Kier molecular flexibility index (Phi) is 5.37. The van der Waals surface area contributed by atoms with Crippen molar-refractivity contribution in [3.05, 3.63) is 77.9 Å². The summed E-state index contributed by atoms with van der Waals surface area (Å²) >= 11 is 0. The first-order valence-corrected chi connectivity index (χ1v) is 7.23. The van der Waals surface area contributed by atoms with Crippen molar-refractivity contribution in [1.82, 2.24) is 4.90 Å². The van der Waals surface area contributed by atoms with Gasteiger partial charge in [0, 0.05) is 13.6 Å². The zero-order chi connectivity index (χ0) is 15.9. The molecule has 0 bridgehead atoms. The molecule has 0 aliphatic carbocycles. The SMILES string of the molecule is C=C(C)COc1ccccc1C(=O)N(C)Cc1ccccc1. The fourth-order valence-corrected chi connectivity index (χ4v) is 2.10. The van der Waals surface area contributed by atoms with Crippen LogP contribution in [0.2, 0.25) is 0 Å². The molecule has 22 heavy (non-hydrogen) atoms. The van der Waals surface area contributed by atoms with Gasteiger partial charge in [0.1, 0.15) is 12.4 Å². The van der Waals surface area contributed by atoms with Gasteiger partial charge in [-0.2, -0.15) is 0 Å². The lowest BCUT2D eigenvalue weighted by Gasteiger charge is -2.19. The molecule has 0 saturated heterocycles. The molecule has 0 aromatic heterocycles. The summed E-state index contributed by atoms with van der Waals surface area (Å²) in [7, 11) is 1.80. The van der Waals surface area contributed by atoms with E-state index in [1.807, 2.05) is 55.5 Å². The molecule has 0 spiro atoms. The minimum Gasteiger partial charge on any atom is -0.488 e. The zero-order valence-electron chi connectivity index (χ0n) is 13.1. The van der Waals surface area contributed by atoms with Crippen LogP contribution in [0.5, 0.6) is 5.75 Å². The third-order valence-electron chi connectivity index (χ3n) is 3.20. The monoisotopic (exact) mass is 295 g/mol. The van der Waals surface area contributed by atoms with Crippen LogP contribution in [0.1, 0.15) is 22.8 Å². The Balaban J connectivity index is 2.13. The highest BCUT2D eigenvalue weighted by atomic mass is 16.5. The van der Waals surface area contributed by atoms with Crippen LogP contribution in [0.4, 0.5) is 0 Å². The average Bonchev–Trinajstić information content (AvgIpc) is 2.53. The molecule has 0 atom stereocenters. The van der Waals surface area contributed by atoms with Crippen molar-refractivity contribution < 1.29 is 9.53 Å². The second kappa shape index (κ2) is 7.46. The molecule has 1 amide bonds. The average molecular weight is 295 g/mol. The summed E-state index contributed by atoms with van der Waals surface area (Å²) in [5, 5.41) is 0. The summed E-state index contributed by atoms with van der Waals surface area (Å²) in [5.41, 5.74) is 2.58. The third-order valence-corrected chi connectivity index (χ3v) is 3.20. The van der Waals surface area contributed by atoms with Gasteiger partial charge in [0.25, 0.3) is 5.91 Å². The first kappa shape index (κ1) is 15.8. The Hall–Kier alpha value is -2.55. The molecule has 0 heterocycles. The molecular weight excluding hydrogens is 274 g/mol. The maximum atomic E-state index is 12.6. The molecule has 3 heteroatoms. The summed E-state index contributed by atoms with van der Waals surface area (Å²) < 4.78 is 5.67. The molecule has 0 aliphatic heterocycles. The molecule has 2 rings (SSSR count). The normalized spacial score (nSPS) is 10.1. The van der Waals surface area contributed by atoms with E-state index in [4.69, 9.17) is 4.74 Å². The largest absolute Gasteiger partial charge is 0.488 e. The molecule has 3 nitrogen and oxygen atoms in total. The summed E-state index contributed by atoms with van der Waals surface area (Å²) in [6, 6.07) is 17.2. The number of ether oxygens (including phenoxy) is 1. The first-order valence-electron chi connectivity index (χ1n) is 7.23. The Bertz CT molecular complexity index is 649. The van der Waals surface area contributed by atoms with Crippen LogP contribution in [0.3, 0.4) is 0 Å². The van der Waals surface area contributed by atoms with Crippen LogP contribution in [0, 0.1) is 0 Å². The lowest BCUT2D eigenvalue weighted by Crippen LogP contribution is -2.26. The van der Waals surface area contributed by atoms with Crippen molar-refractivity contribution >= 4 is 5.91 Å². The van der Waals surface area contributed by atoms with Gasteiger partial charge < -0.3 is 9.64 Å². The van der Waals surface area contributed by atoms with Gasteiger partial charge in [-0.3, -0.25) is 4.79 Å². The van der Waals surface area contributed by atoms with Crippen molar-refractivity contribution in [3.63, 3.8) is 0 Å². The number of amides is 1. The van der Waals surface area contributed by atoms with E-state index >= 15 is 0 Å². The quantitative estimate of drug-likeness (QED) is 0.756. The summed E-state index contributed by atoms with van der Waals surface area (Å²) in [6.07, 6.45) is 0. The van der Waals surface area contributed by atoms with Crippen molar-refractivity contribution in [2.75, 3.05) is 13.7 Å². The molecule has 0 unspecified atom stereocenters. The molecule has 0 radical (unpaired) electrons. The number of benzene rings is 2.